The number of carbonyl (C=O) groups excluding carboxylic acids is 2. The molecular formula is C28H29N4O3W-. The molecule has 2 aromatic carbocycles. The Morgan fingerprint density at radius 1 is 1.11 bits per heavy atom. The molecule has 0 bridgehead atoms. The van der Waals surface area contributed by atoms with E-state index in [1.165, 1.54) is 26.2 Å². The molecule has 0 unspecified atom stereocenters. The van der Waals surface area contributed by atoms with E-state index in [1.54, 1.807) is 30.7 Å². The van der Waals surface area contributed by atoms with E-state index in [4.69, 9.17) is 15.1 Å². The fraction of sp³-hybridized carbons (Fsp3) is 0.321. The van der Waals surface area contributed by atoms with Crippen molar-refractivity contribution in [3.63, 3.8) is 0 Å². The van der Waals surface area contributed by atoms with Gasteiger partial charge in [-0.3, -0.25) is 9.59 Å². The van der Waals surface area contributed by atoms with Crippen molar-refractivity contribution in [3.05, 3.63) is 77.9 Å². The molecule has 1 saturated carbocycles. The fourth-order valence-corrected chi connectivity index (χ4v) is 4.96. The van der Waals surface area contributed by atoms with Gasteiger partial charge in [0.2, 0.25) is 0 Å². The molecule has 4 aromatic rings. The van der Waals surface area contributed by atoms with Gasteiger partial charge < -0.3 is 20.0 Å². The molecule has 1 aliphatic rings. The van der Waals surface area contributed by atoms with Crippen LogP contribution >= 0.6 is 0 Å². The number of Topliss-reactive ketones (excluding diaryl/α,β-unsaturated/α-hetero) is 1. The van der Waals surface area contributed by atoms with E-state index in [9.17, 15) is 9.59 Å². The van der Waals surface area contributed by atoms with Gasteiger partial charge in [0.15, 0.2) is 5.78 Å². The zero-order chi connectivity index (χ0) is 24.4. The number of nitrogens with zero attached hydrogens (tertiary/aromatic N) is 2. The van der Waals surface area contributed by atoms with Gasteiger partial charge in [0, 0.05) is 32.7 Å². The minimum atomic E-state index is -0.643. The third kappa shape index (κ3) is 5.46. The normalized spacial score (nSPS) is 14.8. The average Bonchev–Trinajstić information content (AvgIpc) is 3.53. The predicted molar refractivity (Wildman–Crippen MR) is 136 cm³/mol. The van der Waals surface area contributed by atoms with E-state index in [0.717, 1.165) is 40.8 Å². The molecule has 8 heteroatoms. The van der Waals surface area contributed by atoms with E-state index in [0.29, 0.717) is 23.7 Å². The summed E-state index contributed by atoms with van der Waals surface area (Å²) in [5.74, 6) is 0.442. The zero-order valence-corrected chi connectivity index (χ0v) is 23.1. The fourth-order valence-electron chi connectivity index (χ4n) is 4.96. The van der Waals surface area contributed by atoms with Crippen molar-refractivity contribution in [2.24, 2.45) is 0 Å². The van der Waals surface area contributed by atoms with E-state index < -0.39 is 6.04 Å². The summed E-state index contributed by atoms with van der Waals surface area (Å²) in [6, 6.07) is 14.2. The van der Waals surface area contributed by atoms with Crippen LogP contribution < -0.4 is 5.32 Å². The summed E-state index contributed by atoms with van der Waals surface area (Å²) in [4.78, 5) is 30.3. The Labute approximate surface area is 224 Å². The predicted octanol–water partition coefficient (Wildman–Crippen LogP) is 6.41. The summed E-state index contributed by atoms with van der Waals surface area (Å²) in [6.07, 6.45) is 9.63. The molecule has 2 aromatic heterocycles. The van der Waals surface area contributed by atoms with Gasteiger partial charge in [-0.15, -0.1) is 5.69 Å². The molecular weight excluding hydrogens is 624 g/mol. The zero-order valence-electron chi connectivity index (χ0n) is 20.2. The second-order valence-corrected chi connectivity index (χ2v) is 9.35. The van der Waals surface area contributed by atoms with E-state index in [-0.39, 0.29) is 32.8 Å². The van der Waals surface area contributed by atoms with Gasteiger partial charge in [0.1, 0.15) is 12.1 Å². The van der Waals surface area contributed by atoms with Crippen LogP contribution in [0, 0.1) is 0 Å². The summed E-state index contributed by atoms with van der Waals surface area (Å²) >= 11 is 0. The molecule has 5 rings (SSSR count). The molecule has 0 aliphatic heterocycles. The molecule has 1 fully saturated rings. The number of carbonyl (C=O) groups is 2. The molecule has 0 radical (unpaired) electrons. The third-order valence-corrected chi connectivity index (χ3v) is 6.86. The summed E-state index contributed by atoms with van der Waals surface area (Å²) < 4.78 is 7.63. The van der Waals surface area contributed by atoms with Crippen molar-refractivity contribution < 1.29 is 35.1 Å². The van der Waals surface area contributed by atoms with E-state index in [2.05, 4.69) is 9.88 Å². The van der Waals surface area contributed by atoms with E-state index in [1.807, 2.05) is 30.3 Å². The Kier molecular flexibility index (Phi) is 8.10. The number of aromatic nitrogens is 2. The minimum absolute atomic E-state index is 0. The Bertz CT molecular complexity index is 1340. The summed E-state index contributed by atoms with van der Waals surface area (Å²) in [6.45, 7) is 1.48. The quantitative estimate of drug-likeness (QED) is 0.249. The molecule has 1 atom stereocenters. The number of amides is 1. The molecule has 0 saturated heterocycles. The van der Waals surface area contributed by atoms with Gasteiger partial charge >= 0.3 is 0 Å². The third-order valence-electron chi connectivity index (χ3n) is 6.86. The first kappa shape index (κ1) is 25.9. The smallest absolute Gasteiger partial charge is 0.251 e. The average molecular weight is 653 g/mol. The van der Waals surface area contributed by atoms with Gasteiger partial charge in [-0.05, 0) is 56.0 Å². The van der Waals surface area contributed by atoms with Gasteiger partial charge in [0.05, 0.1) is 28.9 Å². The van der Waals surface area contributed by atoms with Crippen molar-refractivity contribution in [2.75, 3.05) is 0 Å². The van der Waals surface area contributed by atoms with Crippen molar-refractivity contribution >= 4 is 28.4 Å². The number of rotatable bonds is 7. The molecule has 0 spiro atoms. The van der Waals surface area contributed by atoms with Crippen LogP contribution in [0.4, 0.5) is 5.69 Å². The van der Waals surface area contributed by atoms with Crippen LogP contribution in [-0.4, -0.2) is 27.3 Å². The maximum absolute atomic E-state index is 13.1. The Morgan fingerprint density at radius 3 is 2.53 bits per heavy atom. The number of benzene rings is 2. The first-order valence-corrected chi connectivity index (χ1v) is 12.2. The second-order valence-electron chi connectivity index (χ2n) is 9.35. The van der Waals surface area contributed by atoms with Gasteiger partial charge in [-0.1, -0.05) is 43.5 Å². The molecule has 186 valence electrons. The van der Waals surface area contributed by atoms with Crippen molar-refractivity contribution in [2.45, 2.75) is 57.5 Å². The second kappa shape index (κ2) is 11.3. The largest absolute Gasteiger partial charge is 0.699 e. The van der Waals surface area contributed by atoms with Crippen molar-refractivity contribution in [3.8, 4) is 11.4 Å². The topological polar surface area (TPSA) is 101 Å². The number of imidazole rings is 1. The maximum Gasteiger partial charge on any atom is 0.251 e. The monoisotopic (exact) mass is 653 g/mol. The van der Waals surface area contributed by atoms with Gasteiger partial charge in [-0.2, -0.15) is 0 Å². The first-order chi connectivity index (χ1) is 17.0. The number of nitrogens with one attached hydrogen (secondary N) is 2. The van der Waals surface area contributed by atoms with Gasteiger partial charge in [0.25, 0.3) is 5.91 Å². The molecule has 1 aliphatic carbocycles. The Hall–Kier alpha value is -3.18. The van der Waals surface area contributed by atoms with Crippen molar-refractivity contribution in [1.82, 2.24) is 14.9 Å². The van der Waals surface area contributed by atoms with Crippen LogP contribution in [0.3, 0.4) is 0 Å². The SMILES string of the molecule is CC(=O)[C@H](Cc1ccc([NH-])cc1)NC(=O)c1ccc2c(c1)nc(-c1ccoc1)n2C1CCCCC1.[W]. The van der Waals surface area contributed by atoms with Crippen LogP contribution in [0.2, 0.25) is 0 Å². The summed E-state index contributed by atoms with van der Waals surface area (Å²) in [5.41, 5.74) is 12.1. The molecule has 36 heavy (non-hydrogen) atoms. The number of furan rings is 1. The molecule has 2 N–H and O–H groups in total. The number of ketones is 1. The van der Waals surface area contributed by atoms with Crippen molar-refractivity contribution in [1.29, 1.82) is 0 Å². The van der Waals surface area contributed by atoms with Crippen LogP contribution in [-0.2, 0) is 32.3 Å². The summed E-state index contributed by atoms with van der Waals surface area (Å²) in [5, 5.41) is 2.89. The molecule has 7 nitrogen and oxygen atoms in total. The van der Waals surface area contributed by atoms with E-state index >= 15 is 0 Å². The first-order valence-electron chi connectivity index (χ1n) is 12.2. The minimum Gasteiger partial charge on any atom is -0.699 e. The Morgan fingerprint density at radius 2 is 1.86 bits per heavy atom. The van der Waals surface area contributed by atoms with Crippen LogP contribution in [0.15, 0.2) is 65.5 Å². The maximum atomic E-state index is 13.1. The standard InChI is InChI=1S/C28H29N4O3.W/c1-18(33)24(15-19-7-10-22(29)11-8-19)31-28(34)20-9-12-26-25(16-20)30-27(21-13-14-35-17-21)32(26)23-5-3-2-4-6-23;/h7-14,16-17,23-24,29H,2-6,15H2,1H3,(H,31,34);/q-1;/t24-;/m0./s1. The van der Waals surface area contributed by atoms with Gasteiger partial charge in [-0.25, -0.2) is 4.98 Å². The Balaban J connectivity index is 0.00000304. The number of hydrogen-bond donors (Lipinski definition) is 1. The van der Waals surface area contributed by atoms with Crippen LogP contribution in [0.25, 0.3) is 28.2 Å². The summed E-state index contributed by atoms with van der Waals surface area (Å²) in [7, 11) is 0. The number of hydrogen-bond acceptors (Lipinski definition) is 4. The van der Waals surface area contributed by atoms with Crippen LogP contribution in [0.1, 0.15) is 61.0 Å². The molecule has 2 heterocycles. The number of fused-ring (bicyclic) bond motifs is 1. The van der Waals surface area contributed by atoms with Crippen LogP contribution in [0.5, 0.6) is 0 Å². The molecule has 1 amide bonds.